The first-order valence-electron chi connectivity index (χ1n) is 6.96. The van der Waals surface area contributed by atoms with Crippen LogP contribution in [0.2, 0.25) is 0 Å². The molecule has 114 valence electrons. The molecule has 22 heavy (non-hydrogen) atoms. The lowest BCUT2D eigenvalue weighted by molar-refractivity contribution is -0.115. The maximum Gasteiger partial charge on any atom is 0.337 e. The molecule has 0 unspecified atom stereocenters. The van der Waals surface area contributed by atoms with Gasteiger partial charge in [0.15, 0.2) is 0 Å². The second-order valence-corrected chi connectivity index (χ2v) is 4.66. The number of amides is 1. The van der Waals surface area contributed by atoms with E-state index < -0.39 is 5.97 Å². The number of esters is 1. The number of benzene rings is 2. The molecule has 5 nitrogen and oxygen atoms in total. The first kappa shape index (κ1) is 15.6. The molecule has 0 aliphatic rings. The average molecular weight is 298 g/mol. The maximum atomic E-state index is 11.8. The van der Waals surface area contributed by atoms with Gasteiger partial charge in [-0.1, -0.05) is 18.2 Å². The van der Waals surface area contributed by atoms with Gasteiger partial charge in [0.1, 0.15) is 0 Å². The van der Waals surface area contributed by atoms with Crippen LogP contribution in [0, 0.1) is 0 Å². The lowest BCUT2D eigenvalue weighted by Crippen LogP contribution is -2.16. The van der Waals surface area contributed by atoms with E-state index >= 15 is 0 Å². The number of ether oxygens (including phenoxy) is 1. The van der Waals surface area contributed by atoms with Crippen molar-refractivity contribution >= 4 is 23.3 Å². The van der Waals surface area contributed by atoms with Crippen molar-refractivity contribution in [1.29, 1.82) is 0 Å². The monoisotopic (exact) mass is 298 g/mol. The van der Waals surface area contributed by atoms with E-state index in [-0.39, 0.29) is 5.91 Å². The molecule has 0 aliphatic heterocycles. The molecule has 0 saturated heterocycles. The third kappa shape index (κ3) is 4.63. The Bertz CT molecular complexity index is 624. The Morgan fingerprint density at radius 3 is 2.27 bits per heavy atom. The smallest absolute Gasteiger partial charge is 0.337 e. The molecular weight excluding hydrogens is 280 g/mol. The minimum absolute atomic E-state index is 0.0887. The summed E-state index contributed by atoms with van der Waals surface area (Å²) in [5.74, 6) is -0.487. The van der Waals surface area contributed by atoms with Crippen molar-refractivity contribution in [2.75, 3.05) is 24.3 Å². The summed E-state index contributed by atoms with van der Waals surface area (Å²) in [6, 6.07) is 16.3. The van der Waals surface area contributed by atoms with Crippen molar-refractivity contribution in [3.63, 3.8) is 0 Å². The van der Waals surface area contributed by atoms with Gasteiger partial charge in [0.25, 0.3) is 0 Å². The Balaban J connectivity index is 1.78. The van der Waals surface area contributed by atoms with Gasteiger partial charge in [0.05, 0.1) is 12.7 Å². The van der Waals surface area contributed by atoms with Crippen LogP contribution in [0.1, 0.15) is 16.8 Å². The first-order chi connectivity index (χ1) is 10.7. The summed E-state index contributed by atoms with van der Waals surface area (Å²) in [4.78, 5) is 23.1. The Morgan fingerprint density at radius 2 is 1.64 bits per heavy atom. The standard InChI is InChI=1S/C17H18N2O3/c1-22-17(21)13-7-9-15(10-8-13)19-16(20)11-12-18-14-5-3-2-4-6-14/h2-10,18H,11-12H2,1H3,(H,19,20). The molecule has 0 aliphatic carbocycles. The number of methoxy groups -OCH3 is 1. The maximum absolute atomic E-state index is 11.8. The van der Waals surface area contributed by atoms with Crippen LogP contribution in [0.3, 0.4) is 0 Å². The number of hydrogen-bond acceptors (Lipinski definition) is 4. The van der Waals surface area contributed by atoms with Crippen molar-refractivity contribution in [3.05, 3.63) is 60.2 Å². The fraction of sp³-hybridized carbons (Fsp3) is 0.176. The van der Waals surface area contributed by atoms with E-state index in [2.05, 4.69) is 15.4 Å². The molecule has 5 heteroatoms. The van der Waals surface area contributed by atoms with Crippen LogP contribution in [-0.4, -0.2) is 25.5 Å². The zero-order valence-electron chi connectivity index (χ0n) is 12.3. The summed E-state index contributed by atoms with van der Waals surface area (Å²) >= 11 is 0. The Labute approximate surface area is 129 Å². The van der Waals surface area contributed by atoms with Crippen LogP contribution in [-0.2, 0) is 9.53 Å². The van der Waals surface area contributed by atoms with Crippen LogP contribution < -0.4 is 10.6 Å². The fourth-order valence-electron chi connectivity index (χ4n) is 1.91. The zero-order chi connectivity index (χ0) is 15.8. The van der Waals surface area contributed by atoms with Gasteiger partial charge < -0.3 is 15.4 Å². The fourth-order valence-corrected chi connectivity index (χ4v) is 1.91. The van der Waals surface area contributed by atoms with Gasteiger partial charge in [-0.15, -0.1) is 0 Å². The van der Waals surface area contributed by atoms with E-state index in [0.29, 0.717) is 24.2 Å². The lowest BCUT2D eigenvalue weighted by atomic mass is 10.2. The summed E-state index contributed by atoms with van der Waals surface area (Å²) in [7, 11) is 1.33. The minimum Gasteiger partial charge on any atom is -0.465 e. The predicted octanol–water partition coefficient (Wildman–Crippen LogP) is 2.91. The van der Waals surface area contributed by atoms with Crippen LogP contribution >= 0.6 is 0 Å². The number of carbonyl (C=O) groups is 2. The van der Waals surface area contributed by atoms with Crippen molar-refractivity contribution in [2.45, 2.75) is 6.42 Å². The van der Waals surface area contributed by atoms with Crippen LogP contribution in [0.4, 0.5) is 11.4 Å². The summed E-state index contributed by atoms with van der Waals surface area (Å²) < 4.78 is 4.62. The molecular formula is C17H18N2O3. The molecule has 2 N–H and O–H groups in total. The average Bonchev–Trinajstić information content (AvgIpc) is 2.56. The molecule has 0 fully saturated rings. The van der Waals surface area contributed by atoms with Gasteiger partial charge in [-0.05, 0) is 36.4 Å². The second kappa shape index (κ2) is 7.83. The van der Waals surface area contributed by atoms with Crippen molar-refractivity contribution in [1.82, 2.24) is 0 Å². The van der Waals surface area contributed by atoms with Gasteiger partial charge >= 0.3 is 5.97 Å². The SMILES string of the molecule is COC(=O)c1ccc(NC(=O)CCNc2ccccc2)cc1. The summed E-state index contributed by atoms with van der Waals surface area (Å²) in [5.41, 5.74) is 2.08. The quantitative estimate of drug-likeness (QED) is 0.805. The van der Waals surface area contributed by atoms with Crippen molar-refractivity contribution in [3.8, 4) is 0 Å². The first-order valence-corrected chi connectivity index (χ1v) is 6.96. The highest BCUT2D eigenvalue weighted by Gasteiger charge is 2.06. The predicted molar refractivity (Wildman–Crippen MR) is 86.0 cm³/mol. The van der Waals surface area contributed by atoms with E-state index in [9.17, 15) is 9.59 Å². The highest BCUT2D eigenvalue weighted by molar-refractivity contribution is 5.93. The number of carbonyl (C=O) groups excluding carboxylic acids is 2. The Hall–Kier alpha value is -2.82. The molecule has 2 aromatic rings. The van der Waals surface area contributed by atoms with Gasteiger partial charge in [-0.2, -0.15) is 0 Å². The minimum atomic E-state index is -0.398. The van der Waals surface area contributed by atoms with Gasteiger partial charge in [0, 0.05) is 24.3 Å². The molecule has 0 spiro atoms. The second-order valence-electron chi connectivity index (χ2n) is 4.66. The highest BCUT2D eigenvalue weighted by atomic mass is 16.5. The van der Waals surface area contributed by atoms with E-state index in [1.165, 1.54) is 7.11 Å². The van der Waals surface area contributed by atoms with E-state index in [1.807, 2.05) is 30.3 Å². The molecule has 0 saturated carbocycles. The Morgan fingerprint density at radius 1 is 0.955 bits per heavy atom. The number of para-hydroxylation sites is 1. The molecule has 0 radical (unpaired) electrons. The summed E-state index contributed by atoms with van der Waals surface area (Å²) in [6.45, 7) is 0.552. The van der Waals surface area contributed by atoms with Crippen LogP contribution in [0.15, 0.2) is 54.6 Å². The number of hydrogen-bond donors (Lipinski definition) is 2. The summed E-state index contributed by atoms with van der Waals surface area (Å²) in [5, 5.41) is 5.95. The number of nitrogens with one attached hydrogen (secondary N) is 2. The lowest BCUT2D eigenvalue weighted by Gasteiger charge is -2.08. The Kier molecular flexibility index (Phi) is 5.54. The highest BCUT2D eigenvalue weighted by Crippen LogP contribution is 2.11. The van der Waals surface area contributed by atoms with Crippen molar-refractivity contribution in [2.24, 2.45) is 0 Å². The molecule has 2 rings (SSSR count). The number of rotatable bonds is 6. The molecule has 0 atom stereocenters. The molecule has 0 bridgehead atoms. The van der Waals surface area contributed by atoms with Gasteiger partial charge in [0.2, 0.25) is 5.91 Å². The van der Waals surface area contributed by atoms with Crippen LogP contribution in [0.5, 0.6) is 0 Å². The van der Waals surface area contributed by atoms with Gasteiger partial charge in [-0.3, -0.25) is 4.79 Å². The molecule has 0 aromatic heterocycles. The van der Waals surface area contributed by atoms with E-state index in [0.717, 1.165) is 5.69 Å². The number of anilines is 2. The summed E-state index contributed by atoms with van der Waals surface area (Å²) in [6.07, 6.45) is 0.355. The van der Waals surface area contributed by atoms with Crippen LogP contribution in [0.25, 0.3) is 0 Å². The van der Waals surface area contributed by atoms with E-state index in [4.69, 9.17) is 0 Å². The zero-order valence-corrected chi connectivity index (χ0v) is 12.3. The molecule has 2 aromatic carbocycles. The third-order valence-electron chi connectivity index (χ3n) is 3.04. The molecule has 1 amide bonds. The normalized spacial score (nSPS) is 9.86. The van der Waals surface area contributed by atoms with E-state index in [1.54, 1.807) is 24.3 Å². The third-order valence-corrected chi connectivity index (χ3v) is 3.04. The van der Waals surface area contributed by atoms with Crippen molar-refractivity contribution < 1.29 is 14.3 Å². The molecule has 0 heterocycles. The topological polar surface area (TPSA) is 67.4 Å². The van der Waals surface area contributed by atoms with Gasteiger partial charge in [-0.25, -0.2) is 4.79 Å². The largest absolute Gasteiger partial charge is 0.465 e.